The van der Waals surface area contributed by atoms with E-state index >= 15 is 0 Å². The van der Waals surface area contributed by atoms with Crippen LogP contribution in [0.25, 0.3) is 0 Å². The quantitative estimate of drug-likeness (QED) is 0.0469. The fourth-order valence-corrected chi connectivity index (χ4v) is 15.0. The molecule has 0 saturated carbocycles. The normalized spacial score (nSPS) is 19.1. The first-order chi connectivity index (χ1) is 38.5. The third kappa shape index (κ3) is 16.9. The van der Waals surface area contributed by atoms with Crippen LogP contribution in [0.15, 0.2) is 82.6 Å². The van der Waals surface area contributed by atoms with Crippen molar-refractivity contribution < 1.29 is 45.4 Å². The van der Waals surface area contributed by atoms with Gasteiger partial charge in [0.05, 0.1) is 61.6 Å². The van der Waals surface area contributed by atoms with E-state index in [4.69, 9.17) is 65.4 Å². The molecule has 4 N–H and O–H groups in total. The van der Waals surface area contributed by atoms with Gasteiger partial charge in [0.25, 0.3) is 0 Å². The van der Waals surface area contributed by atoms with Gasteiger partial charge in [-0.15, -0.1) is 0 Å². The number of hydrogen-bond donors (Lipinski definition) is 4. The number of ether oxygens (including phenoxy) is 4. The number of carbonyl (C=O) groups excluding carboxylic acids is 2. The number of unbranched alkanes of at least 4 members (excludes halogenated alkanes) is 1. The van der Waals surface area contributed by atoms with E-state index in [0.29, 0.717) is 177 Å². The summed E-state index contributed by atoms with van der Waals surface area (Å²) in [4.78, 5) is 29.3. The van der Waals surface area contributed by atoms with Gasteiger partial charge in [-0.25, -0.2) is 26.4 Å². The molecule has 0 aromatic heterocycles. The van der Waals surface area contributed by atoms with Crippen molar-refractivity contribution in [2.45, 2.75) is 85.4 Å². The van der Waals surface area contributed by atoms with E-state index in [-0.39, 0.29) is 45.9 Å². The van der Waals surface area contributed by atoms with Gasteiger partial charge in [-0.1, -0.05) is 70.7 Å². The average Bonchev–Trinajstić information content (AvgIpc) is 3.54. The van der Waals surface area contributed by atoms with Crippen LogP contribution in [0.2, 0.25) is 20.1 Å². The lowest BCUT2D eigenvalue weighted by Gasteiger charge is -2.34. The Kier molecular flexibility index (Phi) is 23.0. The Morgan fingerprint density at radius 3 is 1.31 bits per heavy atom. The summed E-state index contributed by atoms with van der Waals surface area (Å²) >= 11 is 25.9. The van der Waals surface area contributed by atoms with Gasteiger partial charge in [-0.3, -0.25) is 0 Å². The molecule has 2 unspecified atom stereocenters. The Balaban J connectivity index is 0.596. The molecule has 4 aliphatic heterocycles. The minimum Gasteiger partial charge on any atom is -0.377 e. The van der Waals surface area contributed by atoms with E-state index in [0.717, 1.165) is 33.4 Å². The van der Waals surface area contributed by atoms with Gasteiger partial charge in [0, 0.05) is 110 Å². The molecule has 0 bridgehead atoms. The Bertz CT molecular complexity index is 2770. The van der Waals surface area contributed by atoms with Gasteiger partial charge in [0.15, 0.2) is 0 Å². The number of nitrogens with one attached hydrogen (secondary N) is 4. The molecule has 80 heavy (non-hydrogen) atoms. The van der Waals surface area contributed by atoms with E-state index in [1.807, 2.05) is 38.4 Å². The second-order valence-electron chi connectivity index (χ2n) is 20.8. The molecule has 8 rings (SSSR count). The van der Waals surface area contributed by atoms with E-state index in [2.05, 4.69) is 31.1 Å². The fourth-order valence-electron chi connectivity index (χ4n) is 10.8. The Labute approximate surface area is 491 Å². The number of likely N-dealkylation sites (N-methyl/N-ethyl adjacent to an activating group) is 2. The van der Waals surface area contributed by atoms with Crippen LogP contribution in [0.5, 0.6) is 0 Å². The summed E-state index contributed by atoms with van der Waals surface area (Å²) in [5.74, 6) is -0.144. The predicted octanol–water partition coefficient (Wildman–Crippen LogP) is 7.91. The summed E-state index contributed by atoms with van der Waals surface area (Å²) in [6, 6.07) is 21.1. The first-order valence-electron chi connectivity index (χ1n) is 27.4. The van der Waals surface area contributed by atoms with Crippen molar-refractivity contribution in [1.82, 2.24) is 39.7 Å². The molecule has 0 spiro atoms. The summed E-state index contributed by atoms with van der Waals surface area (Å²) in [5.41, 5.74) is 5.86. The van der Waals surface area contributed by atoms with Gasteiger partial charge >= 0.3 is 12.1 Å². The number of piperidine rings is 2. The number of fused-ring (bicyclic) bond motifs is 2. The van der Waals surface area contributed by atoms with Crippen molar-refractivity contribution in [2.75, 3.05) is 119 Å². The van der Waals surface area contributed by atoms with Crippen molar-refractivity contribution in [1.29, 1.82) is 0 Å². The summed E-state index contributed by atoms with van der Waals surface area (Å²) in [6.07, 6.45) is 3.47. The standard InChI is InChI=1S/C56H74Cl4N8O10S2/c1-65-35-49(47-31-41(57)33-53(59)51(47)37-65)39-7-5-9-45(29-39)79(71,72)67-19-11-43(12-20-67)77-27-25-75-23-17-63-55(69)61-15-3-4-16-62-56(70)64-18-24-76-26-28-78-44-13-21-68(22-14-44)80(73,74)46-10-6-8-40(30-46)50-36-66(2)38-52-48(50)32-42(58)34-54(52)60/h5-10,29-34,43-44,49-50H,3-4,11-28,35-38H2,1-2H3,(H2,61,63,69)(H2,62,64,70). The molecule has 2 fully saturated rings. The molecule has 4 aliphatic rings. The number of urea groups is 2. The molecule has 4 amide bonds. The Morgan fingerprint density at radius 2 is 0.912 bits per heavy atom. The van der Waals surface area contributed by atoms with E-state index in [1.165, 1.54) is 8.61 Å². The minimum absolute atomic E-state index is 0.0720. The average molecular weight is 1230 g/mol. The highest BCUT2D eigenvalue weighted by molar-refractivity contribution is 7.89. The number of amides is 4. The largest absolute Gasteiger partial charge is 0.377 e. The van der Waals surface area contributed by atoms with E-state index < -0.39 is 20.0 Å². The van der Waals surface area contributed by atoms with Gasteiger partial charge in [-0.2, -0.15) is 8.61 Å². The van der Waals surface area contributed by atoms with Crippen LogP contribution in [0, 0.1) is 0 Å². The Hall–Kier alpha value is -3.84. The highest BCUT2D eigenvalue weighted by atomic mass is 35.5. The predicted molar refractivity (Wildman–Crippen MR) is 311 cm³/mol. The minimum atomic E-state index is -3.72. The highest BCUT2D eigenvalue weighted by Gasteiger charge is 2.34. The van der Waals surface area contributed by atoms with Crippen molar-refractivity contribution in [3.05, 3.63) is 126 Å². The number of benzene rings is 4. The molecule has 2 atom stereocenters. The zero-order chi connectivity index (χ0) is 56.8. The van der Waals surface area contributed by atoms with Gasteiger partial charge in [0.2, 0.25) is 20.0 Å². The monoisotopic (exact) mass is 1220 g/mol. The number of sulfonamides is 2. The maximum absolute atomic E-state index is 13.8. The van der Waals surface area contributed by atoms with Crippen molar-refractivity contribution >= 4 is 78.5 Å². The molecule has 4 heterocycles. The first-order valence-corrected chi connectivity index (χ1v) is 31.8. The van der Waals surface area contributed by atoms with Crippen molar-refractivity contribution in [2.24, 2.45) is 0 Å². The van der Waals surface area contributed by atoms with Crippen molar-refractivity contribution in [3.63, 3.8) is 0 Å². The first kappa shape index (κ1) is 62.2. The lowest BCUT2D eigenvalue weighted by Crippen LogP contribution is -2.41. The maximum atomic E-state index is 13.8. The number of nitrogens with zero attached hydrogens (tertiary/aromatic N) is 4. The van der Waals surface area contributed by atoms with Crippen LogP contribution in [0.4, 0.5) is 9.59 Å². The third-order valence-corrected chi connectivity index (χ3v) is 19.9. The number of rotatable bonds is 25. The lowest BCUT2D eigenvalue weighted by atomic mass is 9.85. The van der Waals surface area contributed by atoms with Crippen LogP contribution in [0.1, 0.15) is 83.7 Å². The molecule has 4 aromatic rings. The molecule has 0 aliphatic carbocycles. The Morgan fingerprint density at radius 1 is 0.525 bits per heavy atom. The van der Waals surface area contributed by atoms with Crippen molar-refractivity contribution in [3.8, 4) is 0 Å². The van der Waals surface area contributed by atoms with E-state index in [9.17, 15) is 26.4 Å². The smallest absolute Gasteiger partial charge is 0.314 e. The molecule has 2 saturated heterocycles. The molecular weight excluding hydrogens is 1150 g/mol. The number of carbonyl (C=O) groups is 2. The highest BCUT2D eigenvalue weighted by Crippen LogP contribution is 2.41. The van der Waals surface area contributed by atoms with Gasteiger partial charge in [-0.05, 0) is 135 Å². The SMILES string of the molecule is CN1Cc2c(Cl)cc(Cl)cc2C(c2cccc(S(=O)(=O)N3CCC(OCCOCCNC(=O)NCCCCNC(=O)NCCOCCOC4CCN(S(=O)(=O)c5cccc(C6CN(C)Cc7c(Cl)cc(Cl)cc76)c5)CC4)CC3)c2)C1. The summed E-state index contributed by atoms with van der Waals surface area (Å²) in [6.45, 7) is 7.77. The molecular formula is C56H74Cl4N8O10S2. The second kappa shape index (κ2) is 29.6. The third-order valence-electron chi connectivity index (χ3n) is 15.0. The van der Waals surface area contributed by atoms with Crippen LogP contribution in [-0.2, 0) is 52.1 Å². The molecule has 4 aromatic carbocycles. The van der Waals surface area contributed by atoms with Crippen LogP contribution < -0.4 is 21.3 Å². The summed E-state index contributed by atoms with van der Waals surface area (Å²) in [5, 5.41) is 13.5. The zero-order valence-electron chi connectivity index (χ0n) is 45.4. The van der Waals surface area contributed by atoms with Crippen LogP contribution in [-0.4, -0.2) is 179 Å². The zero-order valence-corrected chi connectivity index (χ0v) is 50.1. The topological polar surface area (TPSA) is 200 Å². The lowest BCUT2D eigenvalue weighted by molar-refractivity contribution is -0.0134. The fraction of sp³-hybridized carbons (Fsp3) is 0.536. The van der Waals surface area contributed by atoms with Crippen LogP contribution in [0.3, 0.4) is 0 Å². The molecule has 18 nitrogen and oxygen atoms in total. The second-order valence-corrected chi connectivity index (χ2v) is 26.4. The number of hydrogen-bond acceptors (Lipinski definition) is 12. The summed E-state index contributed by atoms with van der Waals surface area (Å²) < 4.78 is 81.5. The summed E-state index contributed by atoms with van der Waals surface area (Å²) in [7, 11) is -3.39. The number of halogens is 4. The van der Waals surface area contributed by atoms with Crippen LogP contribution >= 0.6 is 46.4 Å². The molecule has 0 radical (unpaired) electrons. The van der Waals surface area contributed by atoms with Gasteiger partial charge in [0.1, 0.15) is 0 Å². The maximum Gasteiger partial charge on any atom is 0.314 e. The van der Waals surface area contributed by atoms with Gasteiger partial charge < -0.3 is 50.0 Å². The molecule has 438 valence electrons. The van der Waals surface area contributed by atoms with E-state index in [1.54, 1.807) is 48.5 Å². The molecule has 24 heteroatoms.